The van der Waals surface area contributed by atoms with Gasteiger partial charge in [-0.15, -0.1) is 0 Å². The van der Waals surface area contributed by atoms with Crippen molar-refractivity contribution in [3.8, 4) is 0 Å². The molecule has 0 aliphatic carbocycles. The fourth-order valence-electron chi connectivity index (χ4n) is 1.87. The molecule has 2 aromatic heterocycles. The van der Waals surface area contributed by atoms with Crippen LogP contribution in [0, 0.1) is 5.92 Å². The van der Waals surface area contributed by atoms with Gasteiger partial charge in [0.2, 0.25) is 0 Å². The van der Waals surface area contributed by atoms with E-state index in [9.17, 15) is 0 Å². The second-order valence-corrected chi connectivity index (χ2v) is 5.72. The monoisotopic (exact) mass is 263 g/mol. The summed E-state index contributed by atoms with van der Waals surface area (Å²) in [6, 6.07) is 2.19. The molecule has 0 spiro atoms. The summed E-state index contributed by atoms with van der Waals surface area (Å²) < 4.78 is 2.24. The zero-order chi connectivity index (χ0) is 12.8. The van der Waals surface area contributed by atoms with E-state index < -0.39 is 0 Å². The summed E-state index contributed by atoms with van der Waals surface area (Å²) in [6.07, 6.45) is 5.04. The van der Waals surface area contributed by atoms with Crippen molar-refractivity contribution in [2.45, 2.75) is 33.4 Å². The molecule has 0 aliphatic rings. The van der Waals surface area contributed by atoms with Crippen molar-refractivity contribution < 1.29 is 0 Å². The average molecular weight is 263 g/mol. The number of hydrogen-bond donors (Lipinski definition) is 1. The van der Waals surface area contributed by atoms with Crippen molar-refractivity contribution in [1.29, 1.82) is 0 Å². The van der Waals surface area contributed by atoms with Crippen LogP contribution in [0.25, 0.3) is 0 Å². The van der Waals surface area contributed by atoms with Gasteiger partial charge in [0.15, 0.2) is 0 Å². The molecule has 0 saturated carbocycles. The van der Waals surface area contributed by atoms with Gasteiger partial charge < -0.3 is 9.88 Å². The second kappa shape index (κ2) is 6.71. The molecule has 2 rings (SSSR count). The molecule has 3 nitrogen and oxygen atoms in total. The molecule has 4 heteroatoms. The third kappa shape index (κ3) is 3.96. The Morgan fingerprint density at radius 3 is 3.06 bits per heavy atom. The molecule has 0 atom stereocenters. The van der Waals surface area contributed by atoms with Crippen LogP contribution in [-0.2, 0) is 19.5 Å². The van der Waals surface area contributed by atoms with Crippen LogP contribution < -0.4 is 5.32 Å². The summed E-state index contributed by atoms with van der Waals surface area (Å²) in [7, 11) is 0. The minimum Gasteiger partial charge on any atom is -0.334 e. The standard InChI is InChI=1S/C14H21N3S/c1-12(2)9-15-10-14-16-5-7-17(14)6-3-13-4-8-18-11-13/h4-5,7-8,11-12,15H,3,6,9-10H2,1-2H3. The Hall–Kier alpha value is -1.13. The summed E-state index contributed by atoms with van der Waals surface area (Å²) in [5.74, 6) is 1.81. The van der Waals surface area contributed by atoms with Crippen molar-refractivity contribution in [2.75, 3.05) is 6.54 Å². The lowest BCUT2D eigenvalue weighted by atomic mass is 10.2. The average Bonchev–Trinajstić information content (AvgIpc) is 2.96. The van der Waals surface area contributed by atoms with Gasteiger partial charge in [0, 0.05) is 18.9 Å². The van der Waals surface area contributed by atoms with Crippen LogP contribution in [0.3, 0.4) is 0 Å². The zero-order valence-corrected chi connectivity index (χ0v) is 11.9. The highest BCUT2D eigenvalue weighted by Gasteiger charge is 2.03. The van der Waals surface area contributed by atoms with E-state index in [2.05, 4.69) is 51.7 Å². The number of hydrogen-bond acceptors (Lipinski definition) is 3. The zero-order valence-electron chi connectivity index (χ0n) is 11.1. The Bertz CT molecular complexity index is 445. The summed E-state index contributed by atoms with van der Waals surface area (Å²) >= 11 is 1.76. The van der Waals surface area contributed by atoms with E-state index in [1.807, 2.05) is 6.20 Å². The Morgan fingerprint density at radius 2 is 2.33 bits per heavy atom. The molecule has 18 heavy (non-hydrogen) atoms. The van der Waals surface area contributed by atoms with Crippen LogP contribution in [0.1, 0.15) is 25.2 Å². The maximum absolute atomic E-state index is 4.42. The molecule has 0 aliphatic heterocycles. The molecular weight excluding hydrogens is 242 g/mol. The van der Waals surface area contributed by atoms with Gasteiger partial charge >= 0.3 is 0 Å². The normalized spacial score (nSPS) is 11.3. The molecule has 2 aromatic rings. The highest BCUT2D eigenvalue weighted by molar-refractivity contribution is 7.07. The van der Waals surface area contributed by atoms with Crippen molar-refractivity contribution >= 4 is 11.3 Å². The number of nitrogens with one attached hydrogen (secondary N) is 1. The summed E-state index contributed by atoms with van der Waals surface area (Å²) in [5.41, 5.74) is 1.41. The van der Waals surface area contributed by atoms with Crippen LogP contribution in [0.4, 0.5) is 0 Å². The first-order chi connectivity index (χ1) is 8.75. The van der Waals surface area contributed by atoms with Gasteiger partial charge in [0.25, 0.3) is 0 Å². The lowest BCUT2D eigenvalue weighted by Crippen LogP contribution is -2.21. The van der Waals surface area contributed by atoms with Crippen molar-refractivity contribution in [2.24, 2.45) is 5.92 Å². The van der Waals surface area contributed by atoms with Crippen molar-refractivity contribution in [3.05, 3.63) is 40.6 Å². The van der Waals surface area contributed by atoms with E-state index in [1.165, 1.54) is 5.56 Å². The summed E-state index contributed by atoms with van der Waals surface area (Å²) in [4.78, 5) is 4.42. The maximum Gasteiger partial charge on any atom is 0.122 e. The molecule has 1 N–H and O–H groups in total. The van der Waals surface area contributed by atoms with Crippen LogP contribution in [0.2, 0.25) is 0 Å². The molecule has 0 radical (unpaired) electrons. The lowest BCUT2D eigenvalue weighted by Gasteiger charge is -2.09. The number of nitrogens with zero attached hydrogens (tertiary/aromatic N) is 2. The largest absolute Gasteiger partial charge is 0.334 e. The number of rotatable bonds is 7. The predicted molar refractivity (Wildman–Crippen MR) is 76.8 cm³/mol. The predicted octanol–water partition coefficient (Wildman–Crippen LogP) is 2.93. The highest BCUT2D eigenvalue weighted by atomic mass is 32.1. The fraction of sp³-hybridized carbons (Fsp3) is 0.500. The van der Waals surface area contributed by atoms with Crippen LogP contribution in [-0.4, -0.2) is 16.1 Å². The fourth-order valence-corrected chi connectivity index (χ4v) is 2.57. The molecular formula is C14H21N3S. The molecule has 0 aromatic carbocycles. The molecule has 0 bridgehead atoms. The Balaban J connectivity index is 1.83. The number of aromatic nitrogens is 2. The number of imidazole rings is 1. The number of thiophene rings is 1. The van der Waals surface area contributed by atoms with E-state index in [-0.39, 0.29) is 0 Å². The van der Waals surface area contributed by atoms with Gasteiger partial charge in [-0.3, -0.25) is 0 Å². The SMILES string of the molecule is CC(C)CNCc1nccn1CCc1ccsc1. The molecule has 0 saturated heterocycles. The third-order valence-electron chi connectivity index (χ3n) is 2.86. The maximum atomic E-state index is 4.42. The van der Waals surface area contributed by atoms with Gasteiger partial charge in [0.05, 0.1) is 6.54 Å². The quantitative estimate of drug-likeness (QED) is 0.832. The first kappa shape index (κ1) is 13.3. The Labute approximate surface area is 113 Å². The smallest absolute Gasteiger partial charge is 0.122 e. The first-order valence-electron chi connectivity index (χ1n) is 6.47. The van der Waals surface area contributed by atoms with Crippen molar-refractivity contribution in [1.82, 2.24) is 14.9 Å². The Morgan fingerprint density at radius 1 is 1.44 bits per heavy atom. The number of aryl methyl sites for hydroxylation is 2. The van der Waals surface area contributed by atoms with E-state index in [4.69, 9.17) is 0 Å². The van der Waals surface area contributed by atoms with Gasteiger partial charge in [-0.2, -0.15) is 11.3 Å². The summed E-state index contributed by atoms with van der Waals surface area (Å²) in [6.45, 7) is 7.34. The minimum absolute atomic E-state index is 0.680. The van der Waals surface area contributed by atoms with Gasteiger partial charge in [-0.1, -0.05) is 13.8 Å². The highest BCUT2D eigenvalue weighted by Crippen LogP contribution is 2.08. The van der Waals surface area contributed by atoms with Gasteiger partial charge in [-0.25, -0.2) is 4.98 Å². The van der Waals surface area contributed by atoms with Gasteiger partial charge in [-0.05, 0) is 41.3 Å². The molecule has 98 valence electrons. The molecule has 0 fully saturated rings. The van der Waals surface area contributed by atoms with E-state index >= 15 is 0 Å². The molecule has 2 heterocycles. The topological polar surface area (TPSA) is 29.9 Å². The minimum atomic E-state index is 0.680. The van der Waals surface area contributed by atoms with Crippen molar-refractivity contribution in [3.63, 3.8) is 0 Å². The third-order valence-corrected chi connectivity index (χ3v) is 3.59. The molecule has 0 unspecified atom stereocenters. The second-order valence-electron chi connectivity index (χ2n) is 4.94. The van der Waals surface area contributed by atoms with Crippen LogP contribution >= 0.6 is 11.3 Å². The van der Waals surface area contributed by atoms with E-state index in [0.29, 0.717) is 5.92 Å². The first-order valence-corrected chi connectivity index (χ1v) is 7.42. The molecule has 0 amide bonds. The lowest BCUT2D eigenvalue weighted by molar-refractivity contribution is 0.527. The Kier molecular flexibility index (Phi) is 4.96. The summed E-state index contributed by atoms with van der Waals surface area (Å²) in [5, 5.41) is 7.79. The van der Waals surface area contributed by atoms with Crippen LogP contribution in [0.5, 0.6) is 0 Å². The van der Waals surface area contributed by atoms with Gasteiger partial charge in [0.1, 0.15) is 5.82 Å². The van der Waals surface area contributed by atoms with E-state index in [1.54, 1.807) is 11.3 Å². The van der Waals surface area contributed by atoms with E-state index in [0.717, 1.165) is 31.9 Å². The van der Waals surface area contributed by atoms with Crippen LogP contribution in [0.15, 0.2) is 29.2 Å².